The van der Waals surface area contributed by atoms with Gasteiger partial charge < -0.3 is 4.79 Å². The molecule has 0 unspecified atom stereocenters. The van der Waals surface area contributed by atoms with E-state index in [0.29, 0.717) is 17.5 Å². The van der Waals surface area contributed by atoms with Crippen molar-refractivity contribution in [1.29, 1.82) is 0 Å². The molecule has 3 heteroatoms. The van der Waals surface area contributed by atoms with Gasteiger partial charge in [0.25, 0.3) is 0 Å². The minimum Gasteiger partial charge on any atom is -0.303 e. The van der Waals surface area contributed by atoms with Gasteiger partial charge in [-0.2, -0.15) is 0 Å². The normalized spacial score (nSPS) is 17.3. The molecule has 1 aromatic carbocycles. The zero-order chi connectivity index (χ0) is 11.8. The van der Waals surface area contributed by atoms with Crippen LogP contribution in [0.1, 0.15) is 40.5 Å². The first kappa shape index (κ1) is 10.7. The van der Waals surface area contributed by atoms with E-state index in [1.54, 1.807) is 31.2 Å². The summed E-state index contributed by atoms with van der Waals surface area (Å²) in [4.78, 5) is 34.6. The van der Waals surface area contributed by atoms with Gasteiger partial charge in [-0.05, 0) is 13.3 Å². The standard InChI is InChI=1S/C13H12O3/c1-13(7-4-8-14)11(15)9-5-2-3-6-10(9)12(13)16/h2-3,5-6,8H,4,7H2,1H3. The molecule has 1 aliphatic carbocycles. The lowest BCUT2D eigenvalue weighted by Gasteiger charge is -2.18. The molecule has 1 aliphatic rings. The van der Waals surface area contributed by atoms with Gasteiger partial charge in [-0.1, -0.05) is 24.3 Å². The molecule has 0 spiro atoms. The van der Waals surface area contributed by atoms with Crippen molar-refractivity contribution in [2.24, 2.45) is 5.41 Å². The van der Waals surface area contributed by atoms with Crippen molar-refractivity contribution in [3.63, 3.8) is 0 Å². The Morgan fingerprint density at radius 1 is 1.12 bits per heavy atom. The highest BCUT2D eigenvalue weighted by atomic mass is 16.2. The van der Waals surface area contributed by atoms with Crippen LogP contribution in [0.3, 0.4) is 0 Å². The number of hydrogen-bond acceptors (Lipinski definition) is 3. The van der Waals surface area contributed by atoms with Crippen LogP contribution < -0.4 is 0 Å². The fourth-order valence-electron chi connectivity index (χ4n) is 2.15. The van der Waals surface area contributed by atoms with E-state index in [2.05, 4.69) is 0 Å². The fraction of sp³-hybridized carbons (Fsp3) is 0.308. The molecule has 0 N–H and O–H groups in total. The van der Waals surface area contributed by atoms with Gasteiger partial charge in [0, 0.05) is 17.5 Å². The van der Waals surface area contributed by atoms with Gasteiger partial charge in [-0.3, -0.25) is 9.59 Å². The van der Waals surface area contributed by atoms with Crippen molar-refractivity contribution < 1.29 is 14.4 Å². The van der Waals surface area contributed by atoms with Gasteiger partial charge in [-0.25, -0.2) is 0 Å². The van der Waals surface area contributed by atoms with Crippen LogP contribution >= 0.6 is 0 Å². The van der Waals surface area contributed by atoms with Crippen LogP contribution in [0.2, 0.25) is 0 Å². The van der Waals surface area contributed by atoms with E-state index >= 15 is 0 Å². The zero-order valence-corrected chi connectivity index (χ0v) is 9.03. The predicted molar refractivity (Wildman–Crippen MR) is 58.5 cm³/mol. The smallest absolute Gasteiger partial charge is 0.177 e. The molecule has 0 heterocycles. The summed E-state index contributed by atoms with van der Waals surface area (Å²) in [7, 11) is 0. The first-order valence-corrected chi connectivity index (χ1v) is 5.23. The van der Waals surface area contributed by atoms with E-state index < -0.39 is 5.41 Å². The SMILES string of the molecule is CC1(CCC=O)C(=O)c2ccccc2C1=O. The maximum atomic E-state index is 12.1. The molecule has 0 bridgehead atoms. The second-order valence-electron chi connectivity index (χ2n) is 4.24. The highest BCUT2D eigenvalue weighted by Crippen LogP contribution is 2.39. The molecule has 0 atom stereocenters. The van der Waals surface area contributed by atoms with Gasteiger partial charge in [-0.15, -0.1) is 0 Å². The monoisotopic (exact) mass is 216 g/mol. The van der Waals surface area contributed by atoms with E-state index in [1.165, 1.54) is 0 Å². The third-order valence-electron chi connectivity index (χ3n) is 3.18. The largest absolute Gasteiger partial charge is 0.303 e. The van der Waals surface area contributed by atoms with Gasteiger partial charge in [0.05, 0.1) is 5.41 Å². The quantitative estimate of drug-likeness (QED) is 0.574. The maximum absolute atomic E-state index is 12.1. The van der Waals surface area contributed by atoms with Gasteiger partial charge in [0.1, 0.15) is 6.29 Å². The summed E-state index contributed by atoms with van der Waals surface area (Å²) in [6.45, 7) is 1.63. The number of aldehydes is 1. The van der Waals surface area contributed by atoms with Crippen LogP contribution in [-0.4, -0.2) is 17.9 Å². The number of carbonyl (C=O) groups excluding carboxylic acids is 3. The van der Waals surface area contributed by atoms with Crippen molar-refractivity contribution in [3.8, 4) is 0 Å². The van der Waals surface area contributed by atoms with Crippen LogP contribution in [0.4, 0.5) is 0 Å². The topological polar surface area (TPSA) is 51.2 Å². The Hall–Kier alpha value is -1.77. The molecule has 0 saturated heterocycles. The van der Waals surface area contributed by atoms with E-state index in [0.717, 1.165) is 6.29 Å². The Morgan fingerprint density at radius 2 is 1.62 bits per heavy atom. The number of rotatable bonds is 3. The molecular formula is C13H12O3. The third kappa shape index (κ3) is 1.32. The number of fused-ring (bicyclic) bond motifs is 1. The summed E-state index contributed by atoms with van der Waals surface area (Å²) in [6, 6.07) is 6.83. The van der Waals surface area contributed by atoms with Crippen LogP contribution in [0.15, 0.2) is 24.3 Å². The lowest BCUT2D eigenvalue weighted by atomic mass is 9.81. The second-order valence-corrected chi connectivity index (χ2v) is 4.24. The van der Waals surface area contributed by atoms with Crippen molar-refractivity contribution in [2.75, 3.05) is 0 Å². The van der Waals surface area contributed by atoms with Gasteiger partial charge in [0.2, 0.25) is 0 Å². The summed E-state index contributed by atoms with van der Waals surface area (Å²) in [6.07, 6.45) is 1.28. The highest BCUT2D eigenvalue weighted by molar-refractivity contribution is 6.29. The van der Waals surface area contributed by atoms with Gasteiger partial charge in [0.15, 0.2) is 11.6 Å². The number of hydrogen-bond donors (Lipinski definition) is 0. The van der Waals surface area contributed by atoms with Gasteiger partial charge >= 0.3 is 0 Å². The number of Topliss-reactive ketones (excluding diaryl/α,β-unsaturated/α-hetero) is 2. The molecule has 0 amide bonds. The molecule has 0 saturated carbocycles. The van der Waals surface area contributed by atoms with E-state index in [9.17, 15) is 14.4 Å². The lowest BCUT2D eigenvalue weighted by Crippen LogP contribution is -2.29. The highest BCUT2D eigenvalue weighted by Gasteiger charge is 2.48. The maximum Gasteiger partial charge on any atom is 0.177 e. The summed E-state index contributed by atoms with van der Waals surface area (Å²) in [5.74, 6) is -0.315. The Balaban J connectivity index is 2.45. The Kier molecular flexibility index (Phi) is 2.46. The van der Waals surface area contributed by atoms with Crippen LogP contribution in [0.5, 0.6) is 0 Å². The Morgan fingerprint density at radius 3 is 2.06 bits per heavy atom. The second kappa shape index (κ2) is 3.67. The van der Waals surface area contributed by atoms with Crippen molar-refractivity contribution >= 4 is 17.9 Å². The number of benzene rings is 1. The molecule has 0 radical (unpaired) electrons. The van der Waals surface area contributed by atoms with Crippen LogP contribution in [0.25, 0.3) is 0 Å². The minimum absolute atomic E-state index is 0.157. The average molecular weight is 216 g/mol. The summed E-state index contributed by atoms with van der Waals surface area (Å²) < 4.78 is 0. The van der Waals surface area contributed by atoms with Crippen molar-refractivity contribution in [2.45, 2.75) is 19.8 Å². The fourth-order valence-corrected chi connectivity index (χ4v) is 2.15. The Bertz CT molecular complexity index is 439. The van der Waals surface area contributed by atoms with Crippen molar-refractivity contribution in [3.05, 3.63) is 35.4 Å². The molecule has 3 nitrogen and oxygen atoms in total. The first-order valence-electron chi connectivity index (χ1n) is 5.23. The van der Waals surface area contributed by atoms with Crippen LogP contribution in [0, 0.1) is 5.41 Å². The zero-order valence-electron chi connectivity index (χ0n) is 9.03. The molecule has 0 aromatic heterocycles. The average Bonchev–Trinajstić information content (AvgIpc) is 2.51. The third-order valence-corrected chi connectivity index (χ3v) is 3.18. The number of carbonyl (C=O) groups is 3. The molecule has 0 fully saturated rings. The van der Waals surface area contributed by atoms with E-state index in [4.69, 9.17) is 0 Å². The molecule has 16 heavy (non-hydrogen) atoms. The van der Waals surface area contributed by atoms with Crippen molar-refractivity contribution in [1.82, 2.24) is 0 Å². The summed E-state index contributed by atoms with van der Waals surface area (Å²) in [5, 5.41) is 0. The van der Waals surface area contributed by atoms with E-state index in [-0.39, 0.29) is 18.0 Å². The molecule has 0 aliphatic heterocycles. The minimum atomic E-state index is -1.04. The Labute approximate surface area is 93.5 Å². The summed E-state index contributed by atoms with van der Waals surface area (Å²) >= 11 is 0. The summed E-state index contributed by atoms with van der Waals surface area (Å²) in [5.41, 5.74) is -0.0632. The van der Waals surface area contributed by atoms with E-state index in [1.807, 2.05) is 0 Å². The lowest BCUT2D eigenvalue weighted by molar-refractivity contribution is -0.108. The van der Waals surface area contributed by atoms with Crippen LogP contribution in [-0.2, 0) is 4.79 Å². The molecule has 1 aromatic rings. The number of ketones is 2. The molecule has 82 valence electrons. The molecule has 2 rings (SSSR count). The molecular weight excluding hydrogens is 204 g/mol. The first-order chi connectivity index (χ1) is 7.61. The predicted octanol–water partition coefficient (Wildman–Crippen LogP) is 2.05.